The molecule has 85 heavy (non-hydrogen) atoms. The van der Waals surface area contributed by atoms with E-state index in [0.29, 0.717) is 0 Å². The molecule has 1 atom stereocenters. The van der Waals surface area contributed by atoms with Crippen LogP contribution in [0.4, 0.5) is 34.1 Å². The van der Waals surface area contributed by atoms with E-state index in [2.05, 4.69) is 327 Å². The van der Waals surface area contributed by atoms with E-state index in [4.69, 9.17) is 4.42 Å². The highest BCUT2D eigenvalue weighted by Gasteiger charge is 2.54. The number of hydrogen-bond donors (Lipinski definition) is 0. The van der Waals surface area contributed by atoms with Crippen LogP contribution in [0.25, 0.3) is 88.7 Å². The molecule has 0 fully saturated rings. The summed E-state index contributed by atoms with van der Waals surface area (Å²) in [5.41, 5.74) is 29.9. The predicted molar refractivity (Wildman–Crippen MR) is 353 cm³/mol. The van der Waals surface area contributed by atoms with Gasteiger partial charge in [0.05, 0.1) is 11.1 Å². The highest BCUT2D eigenvalue weighted by atomic mass is 16.3. The molecule has 0 radical (unpaired) electrons. The number of para-hydroxylation sites is 3. The van der Waals surface area contributed by atoms with E-state index in [1.54, 1.807) is 0 Å². The SMILES string of the molecule is CC1(C)c2ccccc2-c2c1ccc1c2-c2ccccc2C12c1ccccc1-c1ccc(-c3cc(N(c4ccccc4)c4ccc(-c5ccccc5)cc4)cc(N(c4ccc(-c5ccccc5)cc4)c4cccc5c4oc4ccccc45)c3)cc12. The number of fused-ring (bicyclic) bond motifs is 17. The van der Waals surface area contributed by atoms with E-state index in [1.807, 2.05) is 0 Å². The van der Waals surface area contributed by atoms with Gasteiger partial charge in [-0.2, -0.15) is 0 Å². The van der Waals surface area contributed by atoms with Crippen molar-refractivity contribution in [3.8, 4) is 66.8 Å². The fraction of sp³-hybridized carbons (Fsp3) is 0.0488. The molecular weight excluding hydrogens is 1030 g/mol. The molecule has 3 aliphatic rings. The van der Waals surface area contributed by atoms with E-state index in [9.17, 15) is 0 Å². The van der Waals surface area contributed by atoms with Crippen molar-refractivity contribution >= 4 is 56.1 Å². The molecule has 3 heteroatoms. The first-order valence-corrected chi connectivity index (χ1v) is 29.6. The summed E-state index contributed by atoms with van der Waals surface area (Å²) in [5, 5.41) is 2.15. The molecule has 0 saturated heterocycles. The van der Waals surface area contributed by atoms with E-state index in [-0.39, 0.29) is 5.41 Å². The molecule has 0 saturated carbocycles. The minimum atomic E-state index is -0.578. The van der Waals surface area contributed by atoms with Crippen molar-refractivity contribution in [3.63, 3.8) is 0 Å². The molecule has 14 aromatic rings. The van der Waals surface area contributed by atoms with Crippen LogP contribution in [0.15, 0.2) is 308 Å². The second-order valence-corrected chi connectivity index (χ2v) is 23.5. The summed E-state index contributed by atoms with van der Waals surface area (Å²) in [7, 11) is 0. The van der Waals surface area contributed by atoms with Gasteiger partial charge < -0.3 is 14.2 Å². The summed E-state index contributed by atoms with van der Waals surface area (Å²) in [5.74, 6) is 0. The zero-order valence-electron chi connectivity index (χ0n) is 47.2. The van der Waals surface area contributed by atoms with E-state index < -0.39 is 5.41 Å². The zero-order chi connectivity index (χ0) is 56.4. The maximum Gasteiger partial charge on any atom is 0.159 e. The molecule has 17 rings (SSSR count). The van der Waals surface area contributed by atoms with Gasteiger partial charge in [0.2, 0.25) is 0 Å². The van der Waals surface area contributed by atoms with Crippen molar-refractivity contribution in [2.75, 3.05) is 9.80 Å². The number of benzene rings is 13. The first kappa shape index (κ1) is 48.9. The van der Waals surface area contributed by atoms with Crippen molar-refractivity contribution in [1.82, 2.24) is 0 Å². The van der Waals surface area contributed by atoms with Crippen LogP contribution in [0.5, 0.6) is 0 Å². The molecule has 400 valence electrons. The molecule has 0 N–H and O–H groups in total. The third-order valence-corrected chi connectivity index (χ3v) is 18.7. The smallest absolute Gasteiger partial charge is 0.159 e. The van der Waals surface area contributed by atoms with Crippen LogP contribution < -0.4 is 9.80 Å². The predicted octanol–water partition coefficient (Wildman–Crippen LogP) is 22.2. The lowest BCUT2D eigenvalue weighted by molar-refractivity contribution is 0.660. The summed E-state index contributed by atoms with van der Waals surface area (Å²) in [4.78, 5) is 4.82. The van der Waals surface area contributed by atoms with Gasteiger partial charge in [-0.3, -0.25) is 0 Å². The normalized spacial score (nSPS) is 14.6. The Kier molecular flexibility index (Phi) is 10.9. The molecule has 0 bridgehead atoms. The van der Waals surface area contributed by atoms with Gasteiger partial charge in [0.25, 0.3) is 0 Å². The largest absolute Gasteiger partial charge is 0.454 e. The average molecular weight is 1090 g/mol. The Hall–Kier alpha value is -10.7. The lowest BCUT2D eigenvalue weighted by atomic mass is 9.69. The summed E-state index contributed by atoms with van der Waals surface area (Å²) in [6, 6.07) is 112. The molecule has 1 unspecified atom stereocenters. The number of nitrogens with zero attached hydrogens (tertiary/aromatic N) is 2. The highest BCUT2D eigenvalue weighted by Crippen LogP contribution is 2.67. The summed E-state index contributed by atoms with van der Waals surface area (Å²) in [6.07, 6.45) is 0. The van der Waals surface area contributed by atoms with Crippen LogP contribution in [-0.4, -0.2) is 0 Å². The highest BCUT2D eigenvalue weighted by molar-refractivity contribution is 6.11. The topological polar surface area (TPSA) is 19.6 Å². The van der Waals surface area contributed by atoms with Gasteiger partial charge in [0, 0.05) is 44.6 Å². The minimum Gasteiger partial charge on any atom is -0.454 e. The van der Waals surface area contributed by atoms with E-state index >= 15 is 0 Å². The standard InChI is InChI=1S/C82H56N2O/c1-81(2)70-32-16-13-29-68(70)78-73(81)47-48-74-79(78)69-30-14-18-34-72(69)82(74)71-33-17-12-27-64(71)65-46-41-57(51-75(65)82)58-49-62(83(59-25-10-5-11-26-59)60-42-37-55(38-43-60)53-21-6-3-7-22-53)52-63(50-58)84(61-44-39-56(40-45-61)54-23-8-4-9-24-54)76-35-20-31-67-66-28-15-19-36-77(66)85-80(67)76/h3-52H,1-2H3. The van der Waals surface area contributed by atoms with Gasteiger partial charge in [0.15, 0.2) is 5.58 Å². The molecule has 13 aromatic carbocycles. The summed E-state index contributed by atoms with van der Waals surface area (Å²) in [6.45, 7) is 4.79. The Bertz CT molecular complexity index is 4960. The average Bonchev–Trinajstić information content (AvgIpc) is 1.81. The fourth-order valence-electron chi connectivity index (χ4n) is 14.8. The second-order valence-electron chi connectivity index (χ2n) is 23.5. The van der Waals surface area contributed by atoms with Crippen LogP contribution in [0.3, 0.4) is 0 Å². The molecule has 1 aromatic heterocycles. The molecule has 1 heterocycles. The second kappa shape index (κ2) is 18.9. The van der Waals surface area contributed by atoms with Crippen molar-refractivity contribution in [1.29, 1.82) is 0 Å². The van der Waals surface area contributed by atoms with Crippen LogP contribution in [0.1, 0.15) is 47.2 Å². The van der Waals surface area contributed by atoms with Crippen LogP contribution in [0.2, 0.25) is 0 Å². The van der Waals surface area contributed by atoms with E-state index in [0.717, 1.165) is 78.3 Å². The van der Waals surface area contributed by atoms with Crippen molar-refractivity contribution in [2.24, 2.45) is 0 Å². The molecule has 1 spiro atoms. The Morgan fingerprint density at radius 2 is 0.741 bits per heavy atom. The van der Waals surface area contributed by atoms with Gasteiger partial charge >= 0.3 is 0 Å². The molecule has 3 aliphatic carbocycles. The Morgan fingerprint density at radius 3 is 1.42 bits per heavy atom. The van der Waals surface area contributed by atoms with Crippen molar-refractivity contribution in [2.45, 2.75) is 24.7 Å². The Labute approximate surface area is 495 Å². The van der Waals surface area contributed by atoms with Crippen LogP contribution >= 0.6 is 0 Å². The quantitative estimate of drug-likeness (QED) is 0.144. The zero-order valence-corrected chi connectivity index (χ0v) is 47.2. The van der Waals surface area contributed by atoms with Gasteiger partial charge in [-0.15, -0.1) is 0 Å². The van der Waals surface area contributed by atoms with E-state index in [1.165, 1.54) is 77.9 Å². The minimum absolute atomic E-state index is 0.141. The van der Waals surface area contributed by atoms with Crippen LogP contribution in [-0.2, 0) is 10.8 Å². The Balaban J connectivity index is 0.931. The third kappa shape index (κ3) is 7.33. The van der Waals surface area contributed by atoms with Gasteiger partial charge in [-0.05, 0) is 173 Å². The fourth-order valence-corrected chi connectivity index (χ4v) is 14.8. The lowest BCUT2D eigenvalue weighted by Crippen LogP contribution is -2.26. The first-order chi connectivity index (χ1) is 41.9. The maximum absolute atomic E-state index is 6.98. The maximum atomic E-state index is 6.98. The van der Waals surface area contributed by atoms with Gasteiger partial charge in [-0.25, -0.2) is 0 Å². The third-order valence-electron chi connectivity index (χ3n) is 18.7. The van der Waals surface area contributed by atoms with Crippen LogP contribution in [0, 0.1) is 0 Å². The number of furan rings is 1. The van der Waals surface area contributed by atoms with Gasteiger partial charge in [-0.1, -0.05) is 244 Å². The number of rotatable bonds is 9. The van der Waals surface area contributed by atoms with Crippen molar-refractivity contribution < 1.29 is 4.42 Å². The number of anilines is 6. The number of hydrogen-bond acceptors (Lipinski definition) is 3. The monoisotopic (exact) mass is 1080 g/mol. The van der Waals surface area contributed by atoms with Gasteiger partial charge in [0.1, 0.15) is 5.58 Å². The lowest BCUT2D eigenvalue weighted by Gasteiger charge is -2.32. The first-order valence-electron chi connectivity index (χ1n) is 29.6. The molecule has 3 nitrogen and oxygen atoms in total. The Morgan fingerprint density at radius 1 is 0.271 bits per heavy atom. The summed E-state index contributed by atoms with van der Waals surface area (Å²) >= 11 is 0. The summed E-state index contributed by atoms with van der Waals surface area (Å²) < 4.78 is 6.98. The van der Waals surface area contributed by atoms with Crippen molar-refractivity contribution in [3.05, 3.63) is 337 Å². The molecule has 0 aliphatic heterocycles. The molecule has 0 amide bonds. The molecular formula is C82H56N2O.